The highest BCUT2D eigenvalue weighted by Crippen LogP contribution is 2.31. The number of aliphatic carboxylic acids is 2. The summed E-state index contributed by atoms with van der Waals surface area (Å²) in [6.07, 6.45) is 9.01. The molecule has 0 radical (unpaired) electrons. The van der Waals surface area contributed by atoms with Gasteiger partial charge < -0.3 is 24.3 Å². The third-order valence-electron chi connectivity index (χ3n) is 7.39. The fourth-order valence-corrected chi connectivity index (χ4v) is 5.50. The Morgan fingerprint density at radius 2 is 1.51 bits per heavy atom. The maximum absolute atomic E-state index is 11.7. The van der Waals surface area contributed by atoms with Crippen LogP contribution >= 0.6 is 0 Å². The lowest BCUT2D eigenvalue weighted by Gasteiger charge is -2.11. The van der Waals surface area contributed by atoms with Crippen molar-refractivity contribution in [2.24, 2.45) is 0 Å². The van der Waals surface area contributed by atoms with Gasteiger partial charge in [-0.1, -0.05) is 60.2 Å². The summed E-state index contributed by atoms with van der Waals surface area (Å²) in [5.41, 5.74) is 8.06. The van der Waals surface area contributed by atoms with Gasteiger partial charge in [-0.05, 0) is 92.6 Å². The molecule has 4 aromatic rings. The zero-order valence-electron chi connectivity index (χ0n) is 25.2. The van der Waals surface area contributed by atoms with E-state index in [2.05, 4.69) is 32.9 Å². The molecule has 7 heteroatoms. The molecule has 43 heavy (non-hydrogen) atoms. The molecule has 4 rings (SSSR count). The molecule has 0 amide bonds. The largest absolute Gasteiger partial charge is 0.490 e. The topological polar surface area (TPSA) is 98.0 Å². The van der Waals surface area contributed by atoms with E-state index < -0.39 is 11.9 Å². The second-order valence-electron chi connectivity index (χ2n) is 10.8. The van der Waals surface area contributed by atoms with E-state index in [4.69, 9.17) is 14.6 Å². The fraction of sp³-hybridized carbons (Fsp3) is 0.278. The zero-order valence-corrected chi connectivity index (χ0v) is 25.2. The molecule has 0 fully saturated rings. The van der Waals surface area contributed by atoms with E-state index in [1.54, 1.807) is 0 Å². The van der Waals surface area contributed by atoms with Gasteiger partial charge in [0.05, 0.1) is 5.52 Å². The number of carboxylic acid groups (broad SMARTS) is 2. The number of aryl methyl sites for hydroxylation is 4. The van der Waals surface area contributed by atoms with E-state index in [1.165, 1.54) is 5.56 Å². The van der Waals surface area contributed by atoms with Crippen molar-refractivity contribution in [2.75, 3.05) is 13.2 Å². The van der Waals surface area contributed by atoms with E-state index >= 15 is 0 Å². The van der Waals surface area contributed by atoms with Crippen molar-refractivity contribution in [2.45, 2.75) is 53.5 Å². The van der Waals surface area contributed by atoms with Gasteiger partial charge in [0.15, 0.2) is 0 Å². The molecule has 0 aliphatic heterocycles. The highest BCUT2D eigenvalue weighted by Gasteiger charge is 2.18. The second-order valence-corrected chi connectivity index (χ2v) is 10.8. The van der Waals surface area contributed by atoms with Crippen LogP contribution in [0.3, 0.4) is 0 Å². The van der Waals surface area contributed by atoms with Crippen LogP contribution in [0, 0.1) is 27.7 Å². The molecule has 2 N–H and O–H groups in total. The normalized spacial score (nSPS) is 11.5. The average molecular weight is 582 g/mol. The fourth-order valence-electron chi connectivity index (χ4n) is 5.50. The second kappa shape index (κ2) is 14.4. The minimum atomic E-state index is -0.926. The number of carbonyl (C=O) groups is 2. The van der Waals surface area contributed by atoms with Crippen LogP contribution in [0.4, 0.5) is 0 Å². The van der Waals surface area contributed by atoms with Crippen LogP contribution in [0.25, 0.3) is 23.1 Å². The quantitative estimate of drug-likeness (QED) is 0.118. The number of aromatic nitrogens is 1. The van der Waals surface area contributed by atoms with Gasteiger partial charge in [0.2, 0.25) is 0 Å². The molecule has 0 bridgehead atoms. The van der Waals surface area contributed by atoms with E-state index in [-0.39, 0.29) is 13.0 Å². The monoisotopic (exact) mass is 581 g/mol. The Hall–Kier alpha value is -4.78. The molecule has 0 aliphatic rings. The minimum Gasteiger partial charge on any atom is -0.490 e. The highest BCUT2D eigenvalue weighted by molar-refractivity contribution is 5.95. The van der Waals surface area contributed by atoms with Crippen LogP contribution in [0.5, 0.6) is 11.5 Å². The molecule has 0 spiro atoms. The number of fused-ring (bicyclic) bond motifs is 1. The molecule has 1 aromatic heterocycles. The lowest BCUT2D eigenvalue weighted by molar-refractivity contribution is -0.138. The van der Waals surface area contributed by atoms with Crippen molar-refractivity contribution in [3.05, 3.63) is 106 Å². The van der Waals surface area contributed by atoms with Gasteiger partial charge in [-0.2, -0.15) is 0 Å². The van der Waals surface area contributed by atoms with Crippen LogP contribution in [0.15, 0.2) is 66.7 Å². The number of hydrogen-bond donors (Lipinski definition) is 2. The van der Waals surface area contributed by atoms with E-state index in [1.807, 2.05) is 78.3 Å². The average Bonchev–Trinajstić information content (AvgIpc) is 3.21. The van der Waals surface area contributed by atoms with E-state index in [0.717, 1.165) is 55.9 Å². The number of para-hydroxylation sites is 1. The van der Waals surface area contributed by atoms with Crippen molar-refractivity contribution in [3.8, 4) is 11.5 Å². The molecule has 0 unspecified atom stereocenters. The first-order valence-corrected chi connectivity index (χ1v) is 14.4. The van der Waals surface area contributed by atoms with Crippen molar-refractivity contribution in [1.29, 1.82) is 0 Å². The number of rotatable bonds is 14. The van der Waals surface area contributed by atoms with Gasteiger partial charge >= 0.3 is 11.9 Å². The SMILES string of the molecule is Cc1cc(C)c(OCC=CCOc2ccc(C=Cc3cccc4c(CCCC(=O)O)c(C)n(CC(=O)O)c34)cc2)c(C)c1. The molecule has 0 saturated heterocycles. The van der Waals surface area contributed by atoms with Crippen LogP contribution in [-0.4, -0.2) is 39.9 Å². The van der Waals surface area contributed by atoms with Crippen LogP contribution < -0.4 is 9.47 Å². The zero-order chi connectivity index (χ0) is 30.9. The molecular formula is C36H39NO6. The summed E-state index contributed by atoms with van der Waals surface area (Å²) >= 11 is 0. The summed E-state index contributed by atoms with van der Waals surface area (Å²) in [7, 11) is 0. The molecule has 7 nitrogen and oxygen atoms in total. The predicted octanol–water partition coefficient (Wildman–Crippen LogP) is 7.55. The number of hydrogen-bond acceptors (Lipinski definition) is 4. The first-order valence-electron chi connectivity index (χ1n) is 14.4. The van der Waals surface area contributed by atoms with E-state index in [9.17, 15) is 14.7 Å². The van der Waals surface area contributed by atoms with Gasteiger partial charge in [-0.15, -0.1) is 0 Å². The van der Waals surface area contributed by atoms with Crippen molar-refractivity contribution < 1.29 is 29.3 Å². The Balaban J connectivity index is 1.40. The Morgan fingerprint density at radius 3 is 2.16 bits per heavy atom. The Labute approximate surface area is 252 Å². The molecule has 0 aliphatic carbocycles. The Morgan fingerprint density at radius 1 is 0.837 bits per heavy atom. The maximum atomic E-state index is 11.7. The standard InChI is InChI=1S/C36H39NO6/c1-24-21-25(2)36(26(3)22-24)43-20-6-5-19-42-30-17-14-28(15-18-30)13-16-29-9-7-11-32-31(10-8-12-33(38)39)27(4)37(35(29)32)23-34(40)41/h5-7,9,11,13-18,21-22H,8,10,12,19-20,23H2,1-4H3,(H,38,39)(H,40,41). The number of nitrogens with zero attached hydrogens (tertiary/aromatic N) is 1. The number of benzene rings is 3. The number of ether oxygens (including phenoxy) is 2. The molecular weight excluding hydrogens is 542 g/mol. The third kappa shape index (κ3) is 8.16. The first-order chi connectivity index (χ1) is 20.6. The summed E-state index contributed by atoms with van der Waals surface area (Å²) in [6, 6.07) is 17.9. The van der Waals surface area contributed by atoms with Crippen molar-refractivity contribution in [1.82, 2.24) is 4.57 Å². The molecule has 3 aromatic carbocycles. The van der Waals surface area contributed by atoms with Crippen LogP contribution in [-0.2, 0) is 22.6 Å². The summed E-state index contributed by atoms with van der Waals surface area (Å²) in [4.78, 5) is 22.7. The van der Waals surface area contributed by atoms with Gasteiger partial charge in [0, 0.05) is 17.5 Å². The summed E-state index contributed by atoms with van der Waals surface area (Å²) in [5.74, 6) is -0.0771. The van der Waals surface area contributed by atoms with Gasteiger partial charge in [-0.25, -0.2) is 0 Å². The third-order valence-corrected chi connectivity index (χ3v) is 7.39. The molecule has 1 heterocycles. The van der Waals surface area contributed by atoms with Crippen LogP contribution in [0.1, 0.15) is 51.9 Å². The lowest BCUT2D eigenvalue weighted by atomic mass is 10.0. The minimum absolute atomic E-state index is 0.0719. The smallest absolute Gasteiger partial charge is 0.323 e. The van der Waals surface area contributed by atoms with E-state index in [0.29, 0.717) is 26.1 Å². The summed E-state index contributed by atoms with van der Waals surface area (Å²) in [5, 5.41) is 19.6. The summed E-state index contributed by atoms with van der Waals surface area (Å²) < 4.78 is 13.6. The molecule has 224 valence electrons. The van der Waals surface area contributed by atoms with Gasteiger partial charge in [-0.3, -0.25) is 9.59 Å². The first kappa shape index (κ1) is 31.2. The maximum Gasteiger partial charge on any atom is 0.323 e. The molecule has 0 atom stereocenters. The highest BCUT2D eigenvalue weighted by atomic mass is 16.5. The molecule has 0 saturated carbocycles. The summed E-state index contributed by atoms with van der Waals surface area (Å²) in [6.45, 7) is 8.85. The van der Waals surface area contributed by atoms with Crippen LogP contribution in [0.2, 0.25) is 0 Å². The van der Waals surface area contributed by atoms with Crippen molar-refractivity contribution >= 4 is 35.0 Å². The Kier molecular flexibility index (Phi) is 10.4. The van der Waals surface area contributed by atoms with Gasteiger partial charge in [0.25, 0.3) is 0 Å². The predicted molar refractivity (Wildman–Crippen MR) is 171 cm³/mol. The Bertz CT molecular complexity index is 1640. The van der Waals surface area contributed by atoms with Crippen molar-refractivity contribution in [3.63, 3.8) is 0 Å². The lowest BCUT2D eigenvalue weighted by Crippen LogP contribution is -2.10. The number of carboxylic acids is 2. The van der Waals surface area contributed by atoms with Gasteiger partial charge in [0.1, 0.15) is 31.3 Å².